The van der Waals surface area contributed by atoms with Crippen LogP contribution < -0.4 is 0 Å². The molecule has 0 aliphatic rings. The Bertz CT molecular complexity index is 624. The second kappa shape index (κ2) is 6.70. The van der Waals surface area contributed by atoms with Crippen molar-refractivity contribution in [2.75, 3.05) is 0 Å². The van der Waals surface area contributed by atoms with Gasteiger partial charge in [0.25, 0.3) is 0 Å². The first-order valence-corrected chi connectivity index (χ1v) is 7.70. The molecule has 0 fully saturated rings. The Morgan fingerprint density at radius 2 is 2.00 bits per heavy atom. The Labute approximate surface area is 126 Å². The lowest BCUT2D eigenvalue weighted by molar-refractivity contribution is 0.0986. The molecule has 0 amide bonds. The molecule has 0 saturated carbocycles. The van der Waals surface area contributed by atoms with Crippen molar-refractivity contribution < 1.29 is 4.79 Å². The summed E-state index contributed by atoms with van der Waals surface area (Å²) in [5.74, 6) is 1.24. The number of carbonyl (C=O) groups excluding carboxylic acids is 1. The zero-order valence-electron chi connectivity index (χ0n) is 13.4. The number of rotatable bonds is 7. The second-order valence-corrected chi connectivity index (χ2v) is 5.18. The number of aromatic nitrogens is 4. The van der Waals surface area contributed by atoms with E-state index in [-0.39, 0.29) is 5.78 Å². The Morgan fingerprint density at radius 3 is 2.52 bits per heavy atom. The fourth-order valence-corrected chi connectivity index (χ4v) is 2.69. The monoisotopic (exact) mass is 288 g/mol. The molecule has 0 atom stereocenters. The standard InChI is InChI=1S/C16H24N4O/c1-5-12-16(14(21)7-3)13(6-2)20(18-12)10-8-15-17-9-11-19(15)4/h9,11H,5-8,10H2,1-4H3. The van der Waals surface area contributed by atoms with Crippen molar-refractivity contribution in [3.8, 4) is 0 Å². The number of hydrogen-bond donors (Lipinski definition) is 0. The molecule has 2 heterocycles. The third-order valence-electron chi connectivity index (χ3n) is 3.87. The van der Waals surface area contributed by atoms with Crippen molar-refractivity contribution in [2.45, 2.75) is 53.0 Å². The van der Waals surface area contributed by atoms with E-state index in [1.54, 1.807) is 0 Å². The van der Waals surface area contributed by atoms with E-state index in [0.717, 1.165) is 48.6 Å². The van der Waals surface area contributed by atoms with Crippen molar-refractivity contribution in [1.82, 2.24) is 19.3 Å². The molecule has 0 aliphatic carbocycles. The number of carbonyl (C=O) groups is 1. The molecule has 0 N–H and O–H groups in total. The molecule has 114 valence electrons. The maximum Gasteiger partial charge on any atom is 0.166 e. The summed E-state index contributed by atoms with van der Waals surface area (Å²) >= 11 is 0. The van der Waals surface area contributed by atoms with Gasteiger partial charge in [-0.05, 0) is 12.8 Å². The van der Waals surface area contributed by atoms with Crippen LogP contribution in [0.1, 0.15) is 54.8 Å². The van der Waals surface area contributed by atoms with Crippen molar-refractivity contribution in [2.24, 2.45) is 7.05 Å². The average Bonchev–Trinajstić information content (AvgIpc) is 3.06. The van der Waals surface area contributed by atoms with Gasteiger partial charge < -0.3 is 4.57 Å². The topological polar surface area (TPSA) is 52.7 Å². The molecule has 0 radical (unpaired) electrons. The summed E-state index contributed by atoms with van der Waals surface area (Å²) in [6.07, 6.45) is 6.73. The molecule has 0 spiro atoms. The lowest BCUT2D eigenvalue weighted by atomic mass is 10.0. The molecule has 2 rings (SSSR count). The molecule has 5 heteroatoms. The predicted octanol–water partition coefficient (Wildman–Crippen LogP) is 2.58. The summed E-state index contributed by atoms with van der Waals surface area (Å²) < 4.78 is 4.02. The first-order valence-electron chi connectivity index (χ1n) is 7.70. The van der Waals surface area contributed by atoms with E-state index >= 15 is 0 Å². The van der Waals surface area contributed by atoms with Gasteiger partial charge in [0.2, 0.25) is 0 Å². The normalized spacial score (nSPS) is 11.0. The zero-order chi connectivity index (χ0) is 15.4. The molecule has 0 aromatic carbocycles. The van der Waals surface area contributed by atoms with E-state index in [4.69, 9.17) is 0 Å². The van der Waals surface area contributed by atoms with Gasteiger partial charge in [0, 0.05) is 44.5 Å². The highest BCUT2D eigenvalue weighted by Crippen LogP contribution is 2.19. The highest BCUT2D eigenvalue weighted by atomic mass is 16.1. The van der Waals surface area contributed by atoms with Gasteiger partial charge in [0.1, 0.15) is 5.82 Å². The van der Waals surface area contributed by atoms with Crippen molar-refractivity contribution >= 4 is 5.78 Å². The largest absolute Gasteiger partial charge is 0.338 e. The summed E-state index contributed by atoms with van der Waals surface area (Å²) in [5, 5.41) is 4.66. The van der Waals surface area contributed by atoms with Gasteiger partial charge in [0.15, 0.2) is 5.78 Å². The summed E-state index contributed by atoms with van der Waals surface area (Å²) in [7, 11) is 2.00. The number of aryl methyl sites for hydroxylation is 4. The molecule has 0 unspecified atom stereocenters. The Balaban J connectivity index is 2.29. The van der Waals surface area contributed by atoms with Crippen LogP contribution in [0.25, 0.3) is 0 Å². The predicted molar refractivity (Wildman–Crippen MR) is 82.5 cm³/mol. The lowest BCUT2D eigenvalue weighted by Crippen LogP contribution is -2.11. The molecule has 2 aromatic rings. The van der Waals surface area contributed by atoms with Crippen LogP contribution in [0.15, 0.2) is 12.4 Å². The number of Topliss-reactive ketones (excluding diaryl/α,β-unsaturated/α-hetero) is 1. The number of ketones is 1. The smallest absolute Gasteiger partial charge is 0.166 e. The van der Waals surface area contributed by atoms with Gasteiger partial charge in [-0.3, -0.25) is 9.48 Å². The molecular formula is C16H24N4O. The van der Waals surface area contributed by atoms with Crippen LogP contribution in [0.2, 0.25) is 0 Å². The van der Waals surface area contributed by atoms with Gasteiger partial charge in [0.05, 0.1) is 11.3 Å². The van der Waals surface area contributed by atoms with Gasteiger partial charge in [-0.15, -0.1) is 0 Å². The highest BCUT2D eigenvalue weighted by molar-refractivity contribution is 5.98. The second-order valence-electron chi connectivity index (χ2n) is 5.18. The van der Waals surface area contributed by atoms with Crippen molar-refractivity contribution in [3.63, 3.8) is 0 Å². The van der Waals surface area contributed by atoms with Crippen LogP contribution in [-0.2, 0) is 32.9 Å². The zero-order valence-corrected chi connectivity index (χ0v) is 13.4. The molecule has 21 heavy (non-hydrogen) atoms. The fourth-order valence-electron chi connectivity index (χ4n) is 2.69. The summed E-state index contributed by atoms with van der Waals surface area (Å²) in [6.45, 7) is 6.81. The quantitative estimate of drug-likeness (QED) is 0.736. The third-order valence-corrected chi connectivity index (χ3v) is 3.87. The first kappa shape index (κ1) is 15.5. The van der Waals surface area contributed by atoms with E-state index in [1.165, 1.54) is 0 Å². The molecule has 5 nitrogen and oxygen atoms in total. The number of nitrogens with zero attached hydrogens (tertiary/aromatic N) is 4. The molecule has 0 saturated heterocycles. The van der Waals surface area contributed by atoms with Crippen LogP contribution in [0.3, 0.4) is 0 Å². The summed E-state index contributed by atoms with van der Waals surface area (Å²) in [5.41, 5.74) is 2.84. The van der Waals surface area contributed by atoms with Gasteiger partial charge in [-0.25, -0.2) is 4.98 Å². The number of imidazole rings is 1. The molecule has 0 aliphatic heterocycles. The molecule has 0 bridgehead atoms. The van der Waals surface area contributed by atoms with E-state index in [0.29, 0.717) is 6.42 Å². The Hall–Kier alpha value is -1.91. The van der Waals surface area contributed by atoms with Gasteiger partial charge in [-0.2, -0.15) is 5.10 Å². The van der Waals surface area contributed by atoms with Crippen LogP contribution >= 0.6 is 0 Å². The SMILES string of the molecule is CCC(=O)c1c(CC)nn(CCc2nccn2C)c1CC. The number of hydrogen-bond acceptors (Lipinski definition) is 3. The average molecular weight is 288 g/mol. The van der Waals surface area contributed by atoms with E-state index in [1.807, 2.05) is 35.6 Å². The Kier molecular flexibility index (Phi) is 4.94. The summed E-state index contributed by atoms with van der Waals surface area (Å²) in [4.78, 5) is 16.5. The van der Waals surface area contributed by atoms with Crippen LogP contribution in [-0.4, -0.2) is 25.1 Å². The molecular weight excluding hydrogens is 264 g/mol. The molecule has 2 aromatic heterocycles. The third kappa shape index (κ3) is 3.06. The van der Waals surface area contributed by atoms with Crippen LogP contribution in [0.5, 0.6) is 0 Å². The minimum Gasteiger partial charge on any atom is -0.338 e. The fraction of sp³-hybridized carbons (Fsp3) is 0.562. The van der Waals surface area contributed by atoms with E-state index in [9.17, 15) is 4.79 Å². The van der Waals surface area contributed by atoms with Crippen molar-refractivity contribution in [1.29, 1.82) is 0 Å². The highest BCUT2D eigenvalue weighted by Gasteiger charge is 2.20. The maximum absolute atomic E-state index is 12.2. The first-order chi connectivity index (χ1) is 10.1. The minimum atomic E-state index is 0.201. The lowest BCUT2D eigenvalue weighted by Gasteiger charge is -2.07. The minimum absolute atomic E-state index is 0.201. The van der Waals surface area contributed by atoms with Crippen LogP contribution in [0.4, 0.5) is 0 Å². The van der Waals surface area contributed by atoms with Crippen LogP contribution in [0, 0.1) is 0 Å². The summed E-state index contributed by atoms with van der Waals surface area (Å²) in [6, 6.07) is 0. The Morgan fingerprint density at radius 1 is 1.24 bits per heavy atom. The van der Waals surface area contributed by atoms with Crippen molar-refractivity contribution in [3.05, 3.63) is 35.2 Å². The van der Waals surface area contributed by atoms with E-state index in [2.05, 4.69) is 23.9 Å². The maximum atomic E-state index is 12.2. The van der Waals surface area contributed by atoms with E-state index < -0.39 is 0 Å². The van der Waals surface area contributed by atoms with Gasteiger partial charge in [-0.1, -0.05) is 20.8 Å². The van der Waals surface area contributed by atoms with Gasteiger partial charge >= 0.3 is 0 Å².